The monoisotopic (exact) mass is 572 g/mol. The number of halogens is 2. The topological polar surface area (TPSA) is 0 Å². The summed E-state index contributed by atoms with van der Waals surface area (Å²) < 4.78 is 2.24. The lowest BCUT2D eigenvalue weighted by molar-refractivity contribution is -0.870. The van der Waals surface area contributed by atoms with Crippen molar-refractivity contribution in [1.82, 2.24) is 0 Å². The first-order chi connectivity index (χ1) is 8.66. The van der Waals surface area contributed by atoms with Crippen molar-refractivity contribution in [2.75, 3.05) is 55.4 Å². The SMILES string of the molecule is C[N+](C)(C)CCC[Si](C)(C)[Si](C)(C)CCC[N+](C)(C)C.[I-].[I-]. The van der Waals surface area contributed by atoms with Gasteiger partial charge in [0.2, 0.25) is 0 Å². The van der Waals surface area contributed by atoms with E-state index in [1.807, 2.05) is 0 Å². The third-order valence-electron chi connectivity index (χ3n) is 5.09. The van der Waals surface area contributed by atoms with Gasteiger partial charge in [0.25, 0.3) is 0 Å². The summed E-state index contributed by atoms with van der Waals surface area (Å²) in [5.41, 5.74) is 0. The molecule has 0 atom stereocenters. The van der Waals surface area contributed by atoms with Gasteiger partial charge in [0.15, 0.2) is 0 Å². The van der Waals surface area contributed by atoms with Crippen LogP contribution in [0.2, 0.25) is 38.3 Å². The van der Waals surface area contributed by atoms with Crippen LogP contribution in [0, 0.1) is 0 Å². The predicted molar refractivity (Wildman–Crippen MR) is 99.6 cm³/mol. The average molecular weight is 573 g/mol. The molecule has 0 bridgehead atoms. The quantitative estimate of drug-likeness (QED) is 0.166. The standard InChI is InChI=1S/C16H42N2Si2.2HI/c1-17(2,3)13-11-15-19(7,8)20(9,10)16-12-14-18(4,5)6;;/h11-16H2,1-10H3;2*1H/q+2;;/p-2. The molecule has 6 heteroatoms. The zero-order chi connectivity index (χ0) is 16.2. The van der Waals surface area contributed by atoms with Crippen LogP contribution in [-0.2, 0) is 0 Å². The Morgan fingerprint density at radius 3 is 0.955 bits per heavy atom. The third-order valence-corrected chi connectivity index (χ3v) is 24.5. The van der Waals surface area contributed by atoms with Crippen LogP contribution in [0.1, 0.15) is 12.8 Å². The van der Waals surface area contributed by atoms with Gasteiger partial charge in [-0.1, -0.05) is 38.3 Å². The summed E-state index contributed by atoms with van der Waals surface area (Å²) in [4.78, 5) is 0. The summed E-state index contributed by atoms with van der Waals surface area (Å²) in [6, 6.07) is 3.07. The highest BCUT2D eigenvalue weighted by atomic mass is 127. The van der Waals surface area contributed by atoms with Gasteiger partial charge in [0, 0.05) is 15.2 Å². The molecular formula is C16H42I2N2Si2. The van der Waals surface area contributed by atoms with Gasteiger partial charge in [-0.25, -0.2) is 0 Å². The molecule has 0 saturated carbocycles. The minimum Gasteiger partial charge on any atom is -1.00 e. The van der Waals surface area contributed by atoms with E-state index >= 15 is 0 Å². The van der Waals surface area contributed by atoms with Gasteiger partial charge in [-0.15, -0.1) is 0 Å². The van der Waals surface area contributed by atoms with Gasteiger partial charge in [0.1, 0.15) is 0 Å². The van der Waals surface area contributed by atoms with Gasteiger partial charge in [-0.05, 0) is 12.8 Å². The highest BCUT2D eigenvalue weighted by molar-refractivity contribution is 7.40. The lowest BCUT2D eigenvalue weighted by Gasteiger charge is -2.40. The van der Waals surface area contributed by atoms with Crippen LogP contribution < -0.4 is 48.0 Å². The molecule has 0 amide bonds. The maximum absolute atomic E-state index is 2.67. The van der Waals surface area contributed by atoms with Crippen molar-refractivity contribution in [2.24, 2.45) is 0 Å². The number of hydrogen-bond donors (Lipinski definition) is 0. The Morgan fingerprint density at radius 2 is 0.773 bits per heavy atom. The smallest absolute Gasteiger partial charge is 0.0777 e. The van der Waals surface area contributed by atoms with Crippen molar-refractivity contribution in [3.05, 3.63) is 0 Å². The number of hydrogen-bond acceptors (Lipinski definition) is 0. The summed E-state index contributed by atoms with van der Waals surface area (Å²) in [5, 5.41) is 0. The van der Waals surface area contributed by atoms with Crippen molar-refractivity contribution in [3.63, 3.8) is 0 Å². The third kappa shape index (κ3) is 13.1. The zero-order valence-corrected chi connectivity index (χ0v) is 23.2. The molecule has 0 fully saturated rings. The van der Waals surface area contributed by atoms with Crippen molar-refractivity contribution in [3.8, 4) is 0 Å². The molecule has 0 saturated heterocycles. The molecule has 0 aromatic heterocycles. The molecule has 0 aliphatic rings. The molecule has 0 aromatic carbocycles. The van der Waals surface area contributed by atoms with E-state index in [1.54, 1.807) is 0 Å². The Morgan fingerprint density at radius 1 is 0.545 bits per heavy atom. The van der Waals surface area contributed by atoms with E-state index in [1.165, 1.54) is 38.0 Å². The summed E-state index contributed by atoms with van der Waals surface area (Å²) >= 11 is 0. The van der Waals surface area contributed by atoms with Gasteiger partial charge in [-0.3, -0.25) is 0 Å². The lowest BCUT2D eigenvalue weighted by atomic mass is 10.4. The van der Waals surface area contributed by atoms with Crippen LogP contribution in [0.4, 0.5) is 0 Å². The molecule has 2 nitrogen and oxygen atoms in total. The summed E-state index contributed by atoms with van der Waals surface area (Å²) in [6.07, 6.45) is 2.85. The zero-order valence-electron chi connectivity index (χ0n) is 16.9. The normalized spacial score (nSPS) is 13.4. The Labute approximate surface area is 177 Å². The molecular weight excluding hydrogens is 530 g/mol. The average Bonchev–Trinajstić information content (AvgIpc) is 2.11. The lowest BCUT2D eigenvalue weighted by Crippen LogP contribution is -3.00. The molecule has 0 heterocycles. The van der Waals surface area contributed by atoms with Crippen LogP contribution in [0.5, 0.6) is 0 Å². The van der Waals surface area contributed by atoms with Crippen LogP contribution in [0.15, 0.2) is 0 Å². The predicted octanol–water partition coefficient (Wildman–Crippen LogP) is -2.32. The molecule has 0 radical (unpaired) electrons. The fourth-order valence-corrected chi connectivity index (χ4v) is 11.2. The van der Waals surface area contributed by atoms with E-state index in [0.29, 0.717) is 0 Å². The summed E-state index contributed by atoms with van der Waals surface area (Å²) in [6.45, 7) is 13.3. The number of quaternary nitrogens is 2. The van der Waals surface area contributed by atoms with E-state index < -0.39 is 15.2 Å². The Kier molecular flexibility index (Phi) is 13.9. The van der Waals surface area contributed by atoms with E-state index in [9.17, 15) is 0 Å². The fraction of sp³-hybridized carbons (Fsp3) is 1.00. The molecule has 0 unspecified atom stereocenters. The van der Waals surface area contributed by atoms with Crippen molar-refractivity contribution in [1.29, 1.82) is 0 Å². The largest absolute Gasteiger partial charge is 1.00 e. The first-order valence-corrected chi connectivity index (χ1v) is 15.7. The second kappa shape index (κ2) is 10.7. The summed E-state index contributed by atoms with van der Waals surface area (Å²) in [7, 11) is 11.9. The van der Waals surface area contributed by atoms with Crippen LogP contribution in [0.25, 0.3) is 0 Å². The number of rotatable bonds is 9. The molecule has 22 heavy (non-hydrogen) atoms. The van der Waals surface area contributed by atoms with Gasteiger partial charge in [-0.2, -0.15) is 0 Å². The molecule has 0 aliphatic carbocycles. The highest BCUT2D eigenvalue weighted by Crippen LogP contribution is 2.29. The van der Waals surface area contributed by atoms with Crippen molar-refractivity contribution in [2.45, 2.75) is 51.1 Å². The van der Waals surface area contributed by atoms with E-state index in [0.717, 1.165) is 8.97 Å². The number of nitrogens with zero attached hydrogens (tertiary/aromatic N) is 2. The fourth-order valence-electron chi connectivity index (χ4n) is 2.67. The Balaban J connectivity index is -0.00000180. The van der Waals surface area contributed by atoms with E-state index in [4.69, 9.17) is 0 Å². The molecule has 0 aromatic rings. The Hall–Kier alpha value is 1.81. The molecule has 138 valence electrons. The maximum atomic E-state index is 2.67. The second-order valence-electron chi connectivity index (χ2n) is 10.0. The van der Waals surface area contributed by atoms with E-state index in [2.05, 4.69) is 68.5 Å². The van der Waals surface area contributed by atoms with Crippen LogP contribution >= 0.6 is 0 Å². The summed E-state index contributed by atoms with van der Waals surface area (Å²) in [5.74, 6) is 0. The van der Waals surface area contributed by atoms with Crippen LogP contribution in [-0.4, -0.2) is 79.5 Å². The highest BCUT2D eigenvalue weighted by Gasteiger charge is 2.40. The van der Waals surface area contributed by atoms with Gasteiger partial charge < -0.3 is 56.9 Å². The molecule has 0 N–H and O–H groups in total. The van der Waals surface area contributed by atoms with Crippen molar-refractivity contribution >= 4 is 15.2 Å². The molecule has 0 rings (SSSR count). The molecule has 0 aliphatic heterocycles. The minimum absolute atomic E-state index is 0. The first-order valence-electron chi connectivity index (χ1n) is 8.27. The Bertz CT molecular complexity index is 266. The van der Waals surface area contributed by atoms with Gasteiger partial charge in [0.05, 0.1) is 55.4 Å². The molecule has 0 spiro atoms. The second-order valence-corrected chi connectivity index (χ2v) is 26.7. The van der Waals surface area contributed by atoms with E-state index in [-0.39, 0.29) is 48.0 Å². The van der Waals surface area contributed by atoms with Crippen molar-refractivity contribution < 1.29 is 56.9 Å². The minimum atomic E-state index is -1.01. The first kappa shape index (κ1) is 28.6. The van der Waals surface area contributed by atoms with Gasteiger partial charge >= 0.3 is 0 Å². The maximum Gasteiger partial charge on any atom is 0.0777 e. The van der Waals surface area contributed by atoms with Crippen LogP contribution in [0.3, 0.4) is 0 Å².